The van der Waals surface area contributed by atoms with Crippen molar-refractivity contribution in [2.24, 2.45) is 0 Å². The quantitative estimate of drug-likeness (QED) is 0.596. The standard InChI is InChI=1S/C25H31N3O/c1-18-12-13-19(2)28(18)25-11-7-10-23(26-25)21-14-15-24(29-17-16-27(3)4)22-9-6-5-8-20(21)22/h7,10-15H,5-6,8-9,16-17H2,1-4H3. The van der Waals surface area contributed by atoms with Crippen molar-refractivity contribution in [1.29, 1.82) is 0 Å². The fraction of sp³-hybridized carbons (Fsp3) is 0.400. The fourth-order valence-electron chi connectivity index (χ4n) is 4.28. The second-order valence-corrected chi connectivity index (χ2v) is 8.26. The molecule has 0 unspecified atom stereocenters. The van der Waals surface area contributed by atoms with Crippen molar-refractivity contribution >= 4 is 0 Å². The maximum absolute atomic E-state index is 6.15. The van der Waals surface area contributed by atoms with Crippen LogP contribution in [0.3, 0.4) is 0 Å². The lowest BCUT2D eigenvalue weighted by Gasteiger charge is -2.23. The molecule has 0 radical (unpaired) electrons. The summed E-state index contributed by atoms with van der Waals surface area (Å²) in [5.41, 5.74) is 7.52. The monoisotopic (exact) mass is 389 g/mol. The second-order valence-electron chi connectivity index (χ2n) is 8.26. The first kappa shape index (κ1) is 19.7. The lowest BCUT2D eigenvalue weighted by molar-refractivity contribution is 0.259. The highest BCUT2D eigenvalue weighted by Crippen LogP contribution is 2.36. The largest absolute Gasteiger partial charge is 0.492 e. The van der Waals surface area contributed by atoms with Gasteiger partial charge in [0.15, 0.2) is 0 Å². The van der Waals surface area contributed by atoms with Gasteiger partial charge in [-0.15, -0.1) is 0 Å². The van der Waals surface area contributed by atoms with E-state index in [0.29, 0.717) is 0 Å². The van der Waals surface area contributed by atoms with Crippen LogP contribution in [0.4, 0.5) is 0 Å². The first-order valence-corrected chi connectivity index (χ1v) is 10.6. The Balaban J connectivity index is 1.71. The minimum absolute atomic E-state index is 0.721. The summed E-state index contributed by atoms with van der Waals surface area (Å²) in [6.07, 6.45) is 4.66. The Bertz CT molecular complexity index is 984. The molecule has 1 aliphatic carbocycles. The van der Waals surface area contributed by atoms with Crippen molar-refractivity contribution in [3.8, 4) is 22.8 Å². The van der Waals surface area contributed by atoms with Crippen LogP contribution >= 0.6 is 0 Å². The Kier molecular flexibility index (Phi) is 5.72. The normalized spacial score (nSPS) is 13.6. The summed E-state index contributed by atoms with van der Waals surface area (Å²) in [4.78, 5) is 7.20. The molecule has 1 aromatic carbocycles. The van der Waals surface area contributed by atoms with Crippen molar-refractivity contribution in [2.75, 3.05) is 27.2 Å². The fourth-order valence-corrected chi connectivity index (χ4v) is 4.28. The zero-order valence-electron chi connectivity index (χ0n) is 18.0. The van der Waals surface area contributed by atoms with Crippen LogP contribution in [0.1, 0.15) is 35.4 Å². The Hall–Kier alpha value is -2.59. The molecule has 0 atom stereocenters. The first-order valence-electron chi connectivity index (χ1n) is 10.6. The second kappa shape index (κ2) is 8.42. The SMILES string of the molecule is Cc1ccc(C)n1-c1cccc(-c2ccc(OCCN(C)C)c3c2CCCC3)n1. The summed E-state index contributed by atoms with van der Waals surface area (Å²) in [5.74, 6) is 2.04. The number of ether oxygens (including phenoxy) is 1. The number of aromatic nitrogens is 2. The molecule has 0 aliphatic heterocycles. The molecule has 0 saturated carbocycles. The van der Waals surface area contributed by atoms with Gasteiger partial charge >= 0.3 is 0 Å². The number of aryl methyl sites for hydroxylation is 2. The Morgan fingerprint density at radius 3 is 2.38 bits per heavy atom. The van der Waals surface area contributed by atoms with E-state index in [1.165, 1.54) is 40.9 Å². The van der Waals surface area contributed by atoms with Crippen LogP contribution in [0.25, 0.3) is 17.1 Å². The van der Waals surface area contributed by atoms with E-state index >= 15 is 0 Å². The van der Waals surface area contributed by atoms with Crippen LogP contribution in [0, 0.1) is 13.8 Å². The van der Waals surface area contributed by atoms with Crippen molar-refractivity contribution in [3.63, 3.8) is 0 Å². The van der Waals surface area contributed by atoms with Crippen molar-refractivity contribution < 1.29 is 4.74 Å². The van der Waals surface area contributed by atoms with E-state index in [1.54, 1.807) is 0 Å². The number of fused-ring (bicyclic) bond motifs is 1. The lowest BCUT2D eigenvalue weighted by Crippen LogP contribution is -2.20. The summed E-state index contributed by atoms with van der Waals surface area (Å²) < 4.78 is 8.37. The average molecular weight is 390 g/mol. The van der Waals surface area contributed by atoms with Gasteiger partial charge < -0.3 is 14.2 Å². The third kappa shape index (κ3) is 4.08. The molecule has 1 aliphatic rings. The van der Waals surface area contributed by atoms with Crippen molar-refractivity contribution in [1.82, 2.24) is 14.5 Å². The topological polar surface area (TPSA) is 30.3 Å². The van der Waals surface area contributed by atoms with Gasteiger partial charge in [0, 0.05) is 23.5 Å². The van der Waals surface area contributed by atoms with E-state index < -0.39 is 0 Å². The predicted octanol–water partition coefficient (Wildman–Crippen LogP) is 4.98. The van der Waals surface area contributed by atoms with Gasteiger partial charge in [-0.2, -0.15) is 0 Å². The summed E-state index contributed by atoms with van der Waals surface area (Å²) in [6.45, 7) is 5.90. The van der Waals surface area contributed by atoms with Crippen molar-refractivity contribution in [2.45, 2.75) is 39.5 Å². The molecule has 0 spiro atoms. The van der Waals surface area contributed by atoms with Gasteiger partial charge in [0.25, 0.3) is 0 Å². The number of benzene rings is 1. The molecule has 0 saturated heterocycles. The molecule has 0 amide bonds. The molecular weight excluding hydrogens is 358 g/mol. The van der Waals surface area contributed by atoms with Gasteiger partial charge in [0.05, 0.1) is 5.69 Å². The zero-order valence-corrected chi connectivity index (χ0v) is 18.0. The Labute approximate surface area is 174 Å². The maximum Gasteiger partial charge on any atom is 0.137 e. The van der Waals surface area contributed by atoms with Gasteiger partial charge in [-0.05, 0) is 101 Å². The van der Waals surface area contributed by atoms with E-state index in [2.05, 4.69) is 79.9 Å². The minimum Gasteiger partial charge on any atom is -0.492 e. The lowest BCUT2D eigenvalue weighted by atomic mass is 9.86. The smallest absolute Gasteiger partial charge is 0.137 e. The van der Waals surface area contributed by atoms with Gasteiger partial charge in [-0.1, -0.05) is 6.07 Å². The summed E-state index contributed by atoms with van der Waals surface area (Å²) in [6, 6.07) is 15.0. The molecule has 29 heavy (non-hydrogen) atoms. The number of likely N-dealkylation sites (N-methyl/N-ethyl adjacent to an activating group) is 1. The third-order valence-corrected chi connectivity index (χ3v) is 5.80. The molecule has 2 heterocycles. The zero-order chi connectivity index (χ0) is 20.4. The number of rotatable bonds is 6. The van der Waals surface area contributed by atoms with Crippen LogP contribution < -0.4 is 4.74 Å². The van der Waals surface area contributed by atoms with Crippen LogP contribution in [0.2, 0.25) is 0 Å². The Morgan fingerprint density at radius 2 is 1.66 bits per heavy atom. The molecule has 3 aromatic rings. The van der Waals surface area contributed by atoms with E-state index in [1.807, 2.05) is 0 Å². The highest BCUT2D eigenvalue weighted by atomic mass is 16.5. The summed E-state index contributed by atoms with van der Waals surface area (Å²) in [5, 5.41) is 0. The number of pyridine rings is 1. The van der Waals surface area contributed by atoms with Crippen LogP contribution in [-0.2, 0) is 12.8 Å². The first-order chi connectivity index (χ1) is 14.0. The molecule has 0 fully saturated rings. The van der Waals surface area contributed by atoms with Crippen LogP contribution in [0.5, 0.6) is 5.75 Å². The number of nitrogens with zero attached hydrogens (tertiary/aromatic N) is 3. The van der Waals surface area contributed by atoms with Crippen LogP contribution in [-0.4, -0.2) is 41.7 Å². The van der Waals surface area contributed by atoms with E-state index in [-0.39, 0.29) is 0 Å². The van der Waals surface area contributed by atoms with Crippen molar-refractivity contribution in [3.05, 3.63) is 65.0 Å². The van der Waals surface area contributed by atoms with E-state index in [0.717, 1.165) is 43.3 Å². The Morgan fingerprint density at radius 1 is 0.931 bits per heavy atom. The van der Waals surface area contributed by atoms with Gasteiger partial charge in [0.2, 0.25) is 0 Å². The maximum atomic E-state index is 6.15. The minimum atomic E-state index is 0.721. The summed E-state index contributed by atoms with van der Waals surface area (Å²) >= 11 is 0. The summed E-state index contributed by atoms with van der Waals surface area (Å²) in [7, 11) is 4.16. The molecule has 4 heteroatoms. The molecular formula is C25H31N3O. The average Bonchev–Trinajstić information content (AvgIpc) is 3.06. The van der Waals surface area contributed by atoms with Crippen LogP contribution in [0.15, 0.2) is 42.5 Å². The molecule has 4 rings (SSSR count). The number of hydrogen-bond acceptors (Lipinski definition) is 3. The van der Waals surface area contributed by atoms with Gasteiger partial charge in [-0.25, -0.2) is 4.98 Å². The number of hydrogen-bond donors (Lipinski definition) is 0. The molecule has 0 bridgehead atoms. The van der Waals surface area contributed by atoms with Gasteiger partial charge in [-0.3, -0.25) is 0 Å². The molecule has 2 aromatic heterocycles. The predicted molar refractivity (Wildman–Crippen MR) is 119 cm³/mol. The molecule has 0 N–H and O–H groups in total. The highest BCUT2D eigenvalue weighted by Gasteiger charge is 2.20. The highest BCUT2D eigenvalue weighted by molar-refractivity contribution is 5.69. The van der Waals surface area contributed by atoms with E-state index in [4.69, 9.17) is 9.72 Å². The third-order valence-electron chi connectivity index (χ3n) is 5.80. The van der Waals surface area contributed by atoms with E-state index in [9.17, 15) is 0 Å². The molecule has 152 valence electrons. The van der Waals surface area contributed by atoms with Gasteiger partial charge in [0.1, 0.15) is 18.2 Å². The molecule has 4 nitrogen and oxygen atoms in total.